The first kappa shape index (κ1) is 18.6. The second-order valence-corrected chi connectivity index (χ2v) is 4.54. The highest BCUT2D eigenvalue weighted by Crippen LogP contribution is 2.35. The molecule has 0 bridgehead atoms. The van der Waals surface area contributed by atoms with Crippen molar-refractivity contribution in [2.75, 3.05) is 0 Å². The molecular weight excluding hydrogens is 280 g/mol. The van der Waals surface area contributed by atoms with Gasteiger partial charge in [-0.25, -0.2) is 14.4 Å². The largest absolute Gasteiger partial charge is 0.478 e. The number of aliphatic hydroxyl groups is 1. The van der Waals surface area contributed by atoms with Gasteiger partial charge in [-0.1, -0.05) is 25.2 Å². The van der Waals surface area contributed by atoms with Crippen LogP contribution in [0.3, 0.4) is 0 Å². The Hall–Kier alpha value is -2.41. The fourth-order valence-corrected chi connectivity index (χ4v) is 1.69. The first-order chi connectivity index (χ1) is 9.60. The van der Waals surface area contributed by atoms with Crippen LogP contribution in [-0.4, -0.2) is 44.4 Å². The van der Waals surface area contributed by atoms with E-state index in [4.69, 9.17) is 15.3 Å². The molecule has 0 radical (unpaired) electrons. The Morgan fingerprint density at radius 1 is 0.810 bits per heavy atom. The normalized spacial score (nSPS) is 17.9. The highest BCUT2D eigenvalue weighted by molar-refractivity contribution is 5.82. The van der Waals surface area contributed by atoms with Crippen LogP contribution in [-0.2, 0) is 14.4 Å². The number of aliphatic hydroxyl groups excluding tert-OH is 1. The van der Waals surface area contributed by atoms with Crippen LogP contribution in [0.15, 0.2) is 36.5 Å². The van der Waals surface area contributed by atoms with Gasteiger partial charge in [0, 0.05) is 23.6 Å². The third kappa shape index (κ3) is 6.53. The molecular formula is C14H18O7. The summed E-state index contributed by atoms with van der Waals surface area (Å²) in [4.78, 5) is 32.1. The van der Waals surface area contributed by atoms with Gasteiger partial charge < -0.3 is 20.4 Å². The fourth-order valence-electron chi connectivity index (χ4n) is 1.69. The molecule has 0 fully saturated rings. The molecule has 0 saturated heterocycles. The van der Waals surface area contributed by atoms with Crippen molar-refractivity contribution in [2.45, 2.75) is 20.0 Å². The average molecular weight is 298 g/mol. The number of allylic oxidation sites excluding steroid dienone is 3. The van der Waals surface area contributed by atoms with Crippen LogP contribution in [0, 0.1) is 11.3 Å². The molecule has 2 atom stereocenters. The van der Waals surface area contributed by atoms with Gasteiger partial charge in [-0.05, 0) is 12.8 Å². The maximum absolute atomic E-state index is 10.7. The van der Waals surface area contributed by atoms with Gasteiger partial charge in [0.1, 0.15) is 0 Å². The van der Waals surface area contributed by atoms with Gasteiger partial charge in [-0.15, -0.1) is 0 Å². The van der Waals surface area contributed by atoms with E-state index in [1.165, 1.54) is 6.92 Å². The molecule has 0 saturated carbocycles. The van der Waals surface area contributed by atoms with Gasteiger partial charge in [-0.2, -0.15) is 0 Å². The first-order valence-electron chi connectivity index (χ1n) is 6.05. The predicted molar refractivity (Wildman–Crippen MR) is 73.6 cm³/mol. The van der Waals surface area contributed by atoms with E-state index in [9.17, 15) is 19.5 Å². The highest BCUT2D eigenvalue weighted by Gasteiger charge is 2.32. The zero-order chi connectivity index (χ0) is 16.6. The van der Waals surface area contributed by atoms with Crippen LogP contribution in [0.25, 0.3) is 0 Å². The van der Waals surface area contributed by atoms with Gasteiger partial charge in [-0.3, -0.25) is 0 Å². The Labute approximate surface area is 121 Å². The molecule has 0 heterocycles. The molecule has 0 aliphatic rings. The second-order valence-electron chi connectivity index (χ2n) is 4.54. The summed E-state index contributed by atoms with van der Waals surface area (Å²) < 4.78 is 0. The lowest BCUT2D eigenvalue weighted by atomic mass is 9.73. The van der Waals surface area contributed by atoms with Crippen molar-refractivity contribution in [1.29, 1.82) is 0 Å². The molecule has 7 nitrogen and oxygen atoms in total. The molecule has 21 heavy (non-hydrogen) atoms. The summed E-state index contributed by atoms with van der Waals surface area (Å²) in [5, 5.41) is 35.9. The SMILES string of the molecule is CC(O)C(C)C(C=CC(=O)O)(C=CC(=O)O)C=CC(=O)O. The van der Waals surface area contributed by atoms with Crippen molar-refractivity contribution in [3.05, 3.63) is 36.5 Å². The first-order valence-corrected chi connectivity index (χ1v) is 6.05. The lowest BCUT2D eigenvalue weighted by Crippen LogP contribution is -2.31. The van der Waals surface area contributed by atoms with Crippen LogP contribution in [0.1, 0.15) is 13.8 Å². The highest BCUT2D eigenvalue weighted by atomic mass is 16.4. The molecule has 0 spiro atoms. The lowest BCUT2D eigenvalue weighted by Gasteiger charge is -2.32. The van der Waals surface area contributed by atoms with Crippen molar-refractivity contribution in [3.63, 3.8) is 0 Å². The third-order valence-corrected chi connectivity index (χ3v) is 3.06. The Kier molecular flexibility index (Phi) is 7.09. The van der Waals surface area contributed by atoms with Crippen molar-refractivity contribution >= 4 is 17.9 Å². The van der Waals surface area contributed by atoms with Crippen LogP contribution in [0.2, 0.25) is 0 Å². The zero-order valence-electron chi connectivity index (χ0n) is 11.6. The summed E-state index contributed by atoms with van der Waals surface area (Å²) in [5.74, 6) is -4.47. The van der Waals surface area contributed by atoms with Gasteiger partial charge in [0.15, 0.2) is 0 Å². The van der Waals surface area contributed by atoms with Gasteiger partial charge >= 0.3 is 17.9 Å². The lowest BCUT2D eigenvalue weighted by molar-refractivity contribution is -0.132. The number of hydrogen-bond acceptors (Lipinski definition) is 4. The van der Waals surface area contributed by atoms with Gasteiger partial charge in [0.2, 0.25) is 0 Å². The zero-order valence-corrected chi connectivity index (χ0v) is 11.6. The molecule has 0 aliphatic heterocycles. The van der Waals surface area contributed by atoms with Gasteiger partial charge in [0.05, 0.1) is 6.10 Å². The van der Waals surface area contributed by atoms with Crippen molar-refractivity contribution in [2.24, 2.45) is 11.3 Å². The average Bonchev–Trinajstić information content (AvgIpc) is 2.36. The summed E-state index contributed by atoms with van der Waals surface area (Å²) in [6.07, 6.45) is 4.83. The maximum Gasteiger partial charge on any atom is 0.328 e. The third-order valence-electron chi connectivity index (χ3n) is 3.06. The van der Waals surface area contributed by atoms with E-state index in [0.717, 1.165) is 36.5 Å². The summed E-state index contributed by atoms with van der Waals surface area (Å²) in [7, 11) is 0. The van der Waals surface area contributed by atoms with Crippen LogP contribution < -0.4 is 0 Å². The number of rotatable bonds is 8. The quantitative estimate of drug-likeness (QED) is 0.489. The fraction of sp³-hybridized carbons (Fsp3) is 0.357. The second kappa shape index (κ2) is 8.01. The monoisotopic (exact) mass is 298 g/mol. The predicted octanol–water partition coefficient (Wildman–Crippen LogP) is 0.912. The summed E-state index contributed by atoms with van der Waals surface area (Å²) in [6.45, 7) is 2.99. The maximum atomic E-state index is 10.7. The van der Waals surface area contributed by atoms with Crippen molar-refractivity contribution in [3.8, 4) is 0 Å². The van der Waals surface area contributed by atoms with Gasteiger partial charge in [0.25, 0.3) is 0 Å². The molecule has 0 aliphatic carbocycles. The topological polar surface area (TPSA) is 132 Å². The van der Waals surface area contributed by atoms with E-state index in [-0.39, 0.29) is 0 Å². The minimum atomic E-state index is -1.36. The number of hydrogen-bond donors (Lipinski definition) is 4. The van der Waals surface area contributed by atoms with Crippen molar-refractivity contribution < 1.29 is 34.8 Å². The molecule has 0 aromatic heterocycles. The van der Waals surface area contributed by atoms with E-state index in [2.05, 4.69) is 0 Å². The summed E-state index contributed by atoms with van der Waals surface area (Å²) >= 11 is 0. The Morgan fingerprint density at radius 3 is 1.29 bits per heavy atom. The van der Waals surface area contributed by atoms with E-state index >= 15 is 0 Å². The molecule has 7 heteroatoms. The Morgan fingerprint density at radius 2 is 1.10 bits per heavy atom. The standard InChI is InChI=1S/C14H18O7/c1-9(10(2)15)14(6-3-11(16)17,7-4-12(18)19)8-5-13(20)21/h3-10,15H,1-2H3,(H,16,17)(H,18,19)(H,20,21). The smallest absolute Gasteiger partial charge is 0.328 e. The molecule has 4 N–H and O–H groups in total. The molecule has 0 aromatic carbocycles. The minimum absolute atomic E-state index is 0.653. The van der Waals surface area contributed by atoms with E-state index in [1.54, 1.807) is 6.92 Å². The van der Waals surface area contributed by atoms with Crippen LogP contribution >= 0.6 is 0 Å². The number of carboxylic acids is 3. The van der Waals surface area contributed by atoms with Crippen molar-refractivity contribution in [1.82, 2.24) is 0 Å². The molecule has 2 unspecified atom stereocenters. The molecule has 0 aromatic rings. The summed E-state index contributed by atoms with van der Waals surface area (Å²) in [5.41, 5.74) is -1.36. The Bertz CT molecular complexity index is 426. The van der Waals surface area contributed by atoms with E-state index in [1.807, 2.05) is 0 Å². The number of carboxylic acid groups (broad SMARTS) is 3. The molecule has 0 rings (SSSR count). The summed E-state index contributed by atoms with van der Waals surface area (Å²) in [6, 6.07) is 0. The Balaban J connectivity index is 5.97. The number of carbonyl (C=O) groups is 3. The molecule has 0 amide bonds. The molecule has 116 valence electrons. The van der Waals surface area contributed by atoms with Crippen LogP contribution in [0.4, 0.5) is 0 Å². The van der Waals surface area contributed by atoms with E-state index in [0.29, 0.717) is 0 Å². The van der Waals surface area contributed by atoms with Crippen LogP contribution in [0.5, 0.6) is 0 Å². The van der Waals surface area contributed by atoms with E-state index < -0.39 is 35.3 Å². The minimum Gasteiger partial charge on any atom is -0.478 e. The number of aliphatic carboxylic acids is 3.